The lowest BCUT2D eigenvalue weighted by molar-refractivity contribution is 1.18. The van der Waals surface area contributed by atoms with Gasteiger partial charge in [-0.05, 0) is 136 Å². The summed E-state index contributed by atoms with van der Waals surface area (Å²) < 4.78 is 0. The Balaban J connectivity index is 1.05. The fraction of sp³-hybridized carbons (Fsp3) is 0. The summed E-state index contributed by atoms with van der Waals surface area (Å²) in [7, 11) is 0. The molecule has 0 saturated heterocycles. The van der Waals surface area contributed by atoms with Crippen LogP contribution in [-0.4, -0.2) is 15.0 Å². The minimum atomic E-state index is 0.689. The smallest absolute Gasteiger partial charge is 0.160 e. The maximum atomic E-state index is 5.37. The summed E-state index contributed by atoms with van der Waals surface area (Å²) in [5.74, 6) is 0.689. The molecular formula is C59H35N3. The normalized spacial score (nSPS) is 11.9. The molecule has 13 rings (SSSR count). The number of fused-ring (bicyclic) bond motifs is 6. The van der Waals surface area contributed by atoms with Gasteiger partial charge >= 0.3 is 0 Å². The topological polar surface area (TPSA) is 38.7 Å². The van der Waals surface area contributed by atoms with Gasteiger partial charge in [0.1, 0.15) is 0 Å². The predicted molar refractivity (Wildman–Crippen MR) is 256 cm³/mol. The molecule has 0 spiro atoms. The van der Waals surface area contributed by atoms with E-state index in [9.17, 15) is 0 Å². The molecule has 0 unspecified atom stereocenters. The first-order chi connectivity index (χ1) is 30.7. The molecule has 11 aromatic rings. The van der Waals surface area contributed by atoms with Crippen molar-refractivity contribution in [3.63, 3.8) is 0 Å². The number of benzene rings is 9. The largest absolute Gasteiger partial charge is 0.265 e. The van der Waals surface area contributed by atoms with Gasteiger partial charge in [0.25, 0.3) is 0 Å². The van der Waals surface area contributed by atoms with E-state index in [-0.39, 0.29) is 0 Å². The van der Waals surface area contributed by atoms with Gasteiger partial charge in [-0.25, -0.2) is 9.97 Å². The van der Waals surface area contributed by atoms with E-state index in [4.69, 9.17) is 9.97 Å². The Morgan fingerprint density at radius 3 is 1.21 bits per heavy atom. The zero-order chi connectivity index (χ0) is 40.7. The van der Waals surface area contributed by atoms with Crippen LogP contribution >= 0.6 is 0 Å². The van der Waals surface area contributed by atoms with Crippen molar-refractivity contribution in [3.8, 4) is 112 Å². The minimum absolute atomic E-state index is 0.689. The Morgan fingerprint density at radius 2 is 0.661 bits per heavy atom. The molecule has 2 aliphatic carbocycles. The van der Waals surface area contributed by atoms with Crippen molar-refractivity contribution in [2.45, 2.75) is 0 Å². The van der Waals surface area contributed by atoms with Crippen molar-refractivity contribution >= 4 is 21.5 Å². The molecule has 2 aliphatic rings. The Bertz CT molecular complexity index is 3400. The molecule has 0 atom stereocenters. The van der Waals surface area contributed by atoms with Gasteiger partial charge in [-0.3, -0.25) is 4.98 Å². The lowest BCUT2D eigenvalue weighted by Crippen LogP contribution is -1.97. The van der Waals surface area contributed by atoms with E-state index < -0.39 is 0 Å². The third-order valence-corrected chi connectivity index (χ3v) is 12.9. The molecule has 3 nitrogen and oxygen atoms in total. The highest BCUT2D eigenvalue weighted by atomic mass is 14.9. The monoisotopic (exact) mass is 785 g/mol. The first kappa shape index (κ1) is 34.6. The highest BCUT2D eigenvalue weighted by molar-refractivity contribution is 6.20. The van der Waals surface area contributed by atoms with E-state index >= 15 is 0 Å². The van der Waals surface area contributed by atoms with Crippen LogP contribution in [0.1, 0.15) is 0 Å². The average Bonchev–Trinajstić information content (AvgIpc) is 3.86. The second kappa shape index (κ2) is 13.6. The number of hydrogen-bond acceptors (Lipinski definition) is 3. The zero-order valence-electron chi connectivity index (χ0n) is 33.5. The van der Waals surface area contributed by atoms with Crippen LogP contribution in [0.3, 0.4) is 0 Å². The lowest BCUT2D eigenvalue weighted by atomic mass is 9.88. The molecule has 2 heterocycles. The van der Waals surface area contributed by atoms with Crippen LogP contribution in [0.4, 0.5) is 0 Å². The average molecular weight is 786 g/mol. The van der Waals surface area contributed by atoms with E-state index in [0.29, 0.717) is 5.82 Å². The van der Waals surface area contributed by atoms with E-state index in [1.165, 1.54) is 77.2 Å². The molecule has 62 heavy (non-hydrogen) atoms. The standard InChI is InChI=1S/C59H35N3/c1-2-10-39(11-3-1)59-61-55(38-22-20-36(21-23-38)37-28-30-60-31-29-37)35-56(62-59)42-33-40(43-24-26-53-47-14-6-4-12-45(47)51-18-8-16-49(43)57(51)53)32-41(34-42)44-25-27-54-48-15-7-5-13-46(48)52-19-9-17-50(44)58(52)54/h1-35H. The predicted octanol–water partition coefficient (Wildman–Crippen LogP) is 15.5. The fourth-order valence-electron chi connectivity index (χ4n) is 10.0. The molecule has 0 radical (unpaired) electrons. The van der Waals surface area contributed by atoms with E-state index in [2.05, 4.69) is 187 Å². The van der Waals surface area contributed by atoms with Gasteiger partial charge in [-0.2, -0.15) is 0 Å². The van der Waals surface area contributed by atoms with Crippen molar-refractivity contribution in [1.82, 2.24) is 15.0 Å². The quantitative estimate of drug-likeness (QED) is 0.169. The molecule has 3 heteroatoms. The Kier molecular flexibility index (Phi) is 7.60. The Hall–Kier alpha value is -8.27. The number of pyridine rings is 1. The summed E-state index contributed by atoms with van der Waals surface area (Å²) in [4.78, 5) is 14.8. The van der Waals surface area contributed by atoms with E-state index in [1.54, 1.807) is 0 Å². The molecule has 0 fully saturated rings. The Labute approximate surface area is 359 Å². The van der Waals surface area contributed by atoms with Crippen LogP contribution in [0, 0.1) is 0 Å². The summed E-state index contributed by atoms with van der Waals surface area (Å²) in [5.41, 5.74) is 22.1. The second-order valence-electron chi connectivity index (χ2n) is 16.3. The first-order valence-corrected chi connectivity index (χ1v) is 21.2. The van der Waals surface area contributed by atoms with Crippen molar-refractivity contribution in [2.75, 3.05) is 0 Å². The number of nitrogens with zero attached hydrogens (tertiary/aromatic N) is 3. The molecule has 0 aliphatic heterocycles. The zero-order valence-corrected chi connectivity index (χ0v) is 33.5. The summed E-state index contributed by atoms with van der Waals surface area (Å²) >= 11 is 0. The van der Waals surface area contributed by atoms with Crippen LogP contribution < -0.4 is 0 Å². The lowest BCUT2D eigenvalue weighted by Gasteiger charge is -2.16. The SMILES string of the molecule is c1ccc(-c2nc(-c3ccc(-c4ccncc4)cc3)cc(-c3cc(-c4ccc5c6c(cccc46)-c4ccccc4-5)cc(-c4ccc5c6c(cccc46)-c4ccccc4-5)c3)n2)cc1. The molecule has 286 valence electrons. The minimum Gasteiger partial charge on any atom is -0.265 e. The van der Waals surface area contributed by atoms with Crippen molar-refractivity contribution in [3.05, 3.63) is 213 Å². The molecular weight excluding hydrogens is 751 g/mol. The summed E-state index contributed by atoms with van der Waals surface area (Å²) in [5, 5.41) is 5.12. The molecule has 0 saturated carbocycles. The molecule has 9 aromatic carbocycles. The van der Waals surface area contributed by atoms with Gasteiger partial charge < -0.3 is 0 Å². The number of hydrogen-bond donors (Lipinski definition) is 0. The van der Waals surface area contributed by atoms with Crippen LogP contribution in [0.2, 0.25) is 0 Å². The molecule has 0 bridgehead atoms. The molecule has 0 N–H and O–H groups in total. The van der Waals surface area contributed by atoms with Crippen molar-refractivity contribution in [2.24, 2.45) is 0 Å². The van der Waals surface area contributed by atoms with Crippen LogP contribution in [0.25, 0.3) is 133 Å². The summed E-state index contributed by atoms with van der Waals surface area (Å²) in [6.45, 7) is 0. The molecule has 2 aromatic heterocycles. The van der Waals surface area contributed by atoms with Gasteiger partial charge in [-0.15, -0.1) is 0 Å². The molecule has 0 amide bonds. The fourth-order valence-corrected chi connectivity index (χ4v) is 10.0. The van der Waals surface area contributed by atoms with E-state index in [0.717, 1.165) is 50.3 Å². The number of aromatic nitrogens is 3. The maximum absolute atomic E-state index is 5.37. The van der Waals surface area contributed by atoms with Crippen molar-refractivity contribution in [1.29, 1.82) is 0 Å². The van der Waals surface area contributed by atoms with Crippen LogP contribution in [0.15, 0.2) is 213 Å². The summed E-state index contributed by atoms with van der Waals surface area (Å²) in [6.07, 6.45) is 3.67. The van der Waals surface area contributed by atoms with Gasteiger partial charge in [-0.1, -0.05) is 164 Å². The highest BCUT2D eigenvalue weighted by Crippen LogP contribution is 2.52. The van der Waals surface area contributed by atoms with Gasteiger partial charge in [0.05, 0.1) is 11.4 Å². The third kappa shape index (κ3) is 5.35. The van der Waals surface area contributed by atoms with Gasteiger partial charge in [0.15, 0.2) is 5.82 Å². The maximum Gasteiger partial charge on any atom is 0.160 e. The second-order valence-corrected chi connectivity index (χ2v) is 16.3. The van der Waals surface area contributed by atoms with Crippen LogP contribution in [0.5, 0.6) is 0 Å². The van der Waals surface area contributed by atoms with Gasteiger partial charge in [0.2, 0.25) is 0 Å². The summed E-state index contributed by atoms with van der Waals surface area (Å²) in [6, 6.07) is 72.7. The van der Waals surface area contributed by atoms with Crippen LogP contribution in [-0.2, 0) is 0 Å². The first-order valence-electron chi connectivity index (χ1n) is 21.2. The van der Waals surface area contributed by atoms with Gasteiger partial charge in [0, 0.05) is 29.1 Å². The highest BCUT2D eigenvalue weighted by Gasteiger charge is 2.25. The number of rotatable bonds is 6. The third-order valence-electron chi connectivity index (χ3n) is 12.9. The van der Waals surface area contributed by atoms with Crippen molar-refractivity contribution < 1.29 is 0 Å². The van der Waals surface area contributed by atoms with E-state index in [1.807, 2.05) is 30.6 Å². The Morgan fingerprint density at radius 1 is 0.242 bits per heavy atom.